The van der Waals surface area contributed by atoms with E-state index in [1.165, 1.54) is 4.31 Å². The van der Waals surface area contributed by atoms with E-state index >= 15 is 0 Å². The van der Waals surface area contributed by atoms with E-state index in [0.29, 0.717) is 6.54 Å². The maximum atomic E-state index is 12.7. The lowest BCUT2D eigenvalue weighted by Crippen LogP contribution is -2.53. The number of rotatable bonds is 6. The fourth-order valence-electron chi connectivity index (χ4n) is 2.95. The average molecular weight is 464 g/mol. The van der Waals surface area contributed by atoms with Gasteiger partial charge < -0.3 is 15.0 Å². The van der Waals surface area contributed by atoms with Crippen molar-refractivity contribution in [1.82, 2.24) is 14.5 Å². The Kier molecular flexibility index (Phi) is 6.88. The molecule has 0 aliphatic carbocycles. The van der Waals surface area contributed by atoms with Gasteiger partial charge in [0.05, 0.1) is 4.90 Å². The Labute approximate surface area is 176 Å². The quantitative estimate of drug-likeness (QED) is 0.715. The summed E-state index contributed by atoms with van der Waals surface area (Å²) in [6, 6.07) is 7.73. The molecular formula is C18H20F3N3O4S2. The van der Waals surface area contributed by atoms with Crippen LogP contribution in [-0.4, -0.2) is 62.7 Å². The summed E-state index contributed by atoms with van der Waals surface area (Å²) in [6.45, 7) is 1.13. The molecular weight excluding hydrogens is 443 g/mol. The van der Waals surface area contributed by atoms with E-state index < -0.39 is 22.1 Å². The molecule has 1 aromatic heterocycles. The lowest BCUT2D eigenvalue weighted by molar-refractivity contribution is -0.274. The molecule has 164 valence electrons. The van der Waals surface area contributed by atoms with Crippen LogP contribution in [0.2, 0.25) is 0 Å². The van der Waals surface area contributed by atoms with Crippen LogP contribution >= 0.6 is 11.3 Å². The number of nitrogens with zero attached hydrogens (tertiary/aromatic N) is 2. The lowest BCUT2D eigenvalue weighted by atomic mass is 10.3. The van der Waals surface area contributed by atoms with Gasteiger partial charge >= 0.3 is 12.4 Å². The van der Waals surface area contributed by atoms with Crippen LogP contribution < -0.4 is 10.1 Å². The van der Waals surface area contributed by atoms with Crippen molar-refractivity contribution in [2.24, 2.45) is 0 Å². The number of sulfonamides is 1. The minimum Gasteiger partial charge on any atom is -0.406 e. The third-order valence-corrected chi connectivity index (χ3v) is 7.30. The molecule has 1 saturated heterocycles. The summed E-state index contributed by atoms with van der Waals surface area (Å²) in [6.07, 6.45) is -4.12. The van der Waals surface area contributed by atoms with Crippen molar-refractivity contribution in [1.29, 1.82) is 0 Å². The molecule has 1 fully saturated rings. The average Bonchev–Trinajstić information content (AvgIpc) is 3.21. The summed E-state index contributed by atoms with van der Waals surface area (Å²) in [5.41, 5.74) is 0. The molecule has 30 heavy (non-hydrogen) atoms. The molecule has 3 rings (SSSR count). The molecule has 0 bridgehead atoms. The molecule has 0 spiro atoms. The molecule has 7 nitrogen and oxygen atoms in total. The van der Waals surface area contributed by atoms with Crippen molar-refractivity contribution in [2.75, 3.05) is 32.7 Å². The number of urea groups is 1. The summed E-state index contributed by atoms with van der Waals surface area (Å²) in [4.78, 5) is 14.8. The van der Waals surface area contributed by atoms with Gasteiger partial charge in [0.25, 0.3) is 0 Å². The fraction of sp³-hybridized carbons (Fsp3) is 0.389. The molecule has 2 amide bonds. The second-order valence-electron chi connectivity index (χ2n) is 6.47. The first-order valence-electron chi connectivity index (χ1n) is 9.06. The highest BCUT2D eigenvalue weighted by Crippen LogP contribution is 2.25. The Morgan fingerprint density at radius 2 is 1.77 bits per heavy atom. The Balaban J connectivity index is 1.51. The number of piperazine rings is 1. The summed E-state index contributed by atoms with van der Waals surface area (Å²) in [5.74, 6) is -0.495. The van der Waals surface area contributed by atoms with Gasteiger partial charge in [0.15, 0.2) is 0 Å². The number of benzene rings is 1. The van der Waals surface area contributed by atoms with Crippen molar-refractivity contribution in [2.45, 2.75) is 17.7 Å². The minimum absolute atomic E-state index is 0.0987. The van der Waals surface area contributed by atoms with E-state index in [1.807, 2.05) is 17.5 Å². The smallest absolute Gasteiger partial charge is 0.406 e. The number of hydrogen-bond acceptors (Lipinski definition) is 5. The van der Waals surface area contributed by atoms with Crippen LogP contribution in [0.15, 0.2) is 46.7 Å². The molecule has 2 heterocycles. The Hall–Kier alpha value is -2.31. The third kappa shape index (κ3) is 5.86. The third-order valence-electron chi connectivity index (χ3n) is 4.45. The van der Waals surface area contributed by atoms with E-state index in [-0.39, 0.29) is 37.1 Å². The summed E-state index contributed by atoms with van der Waals surface area (Å²) in [7, 11) is -3.88. The van der Waals surface area contributed by atoms with Gasteiger partial charge in [0, 0.05) is 37.6 Å². The lowest BCUT2D eigenvalue weighted by Gasteiger charge is -2.34. The van der Waals surface area contributed by atoms with E-state index in [0.717, 1.165) is 35.6 Å². The fourth-order valence-corrected chi connectivity index (χ4v) is 5.08. The number of nitrogens with one attached hydrogen (secondary N) is 1. The van der Waals surface area contributed by atoms with Crippen molar-refractivity contribution < 1.29 is 31.1 Å². The number of thiophene rings is 1. The zero-order valence-electron chi connectivity index (χ0n) is 15.8. The number of hydrogen-bond donors (Lipinski definition) is 1. The normalized spacial score (nSPS) is 15.8. The van der Waals surface area contributed by atoms with Gasteiger partial charge in [0.1, 0.15) is 5.75 Å². The number of amides is 2. The highest BCUT2D eigenvalue weighted by Gasteiger charge is 2.32. The van der Waals surface area contributed by atoms with Crippen molar-refractivity contribution >= 4 is 27.4 Å². The summed E-state index contributed by atoms with van der Waals surface area (Å²) < 4.78 is 67.1. The number of carbonyl (C=O) groups excluding carboxylic acids is 1. The Morgan fingerprint density at radius 1 is 1.10 bits per heavy atom. The van der Waals surface area contributed by atoms with Crippen molar-refractivity contribution in [3.63, 3.8) is 0 Å². The first-order valence-corrected chi connectivity index (χ1v) is 11.4. The van der Waals surface area contributed by atoms with E-state index in [2.05, 4.69) is 10.1 Å². The molecule has 12 heteroatoms. The molecule has 2 aromatic rings. The van der Waals surface area contributed by atoms with E-state index in [1.54, 1.807) is 16.2 Å². The van der Waals surface area contributed by atoms with Crippen LogP contribution in [0.1, 0.15) is 4.88 Å². The number of carbonyl (C=O) groups is 1. The molecule has 1 N–H and O–H groups in total. The van der Waals surface area contributed by atoms with Crippen LogP contribution in [0.4, 0.5) is 18.0 Å². The Morgan fingerprint density at radius 3 is 2.33 bits per heavy atom. The van der Waals surface area contributed by atoms with Crippen LogP contribution in [0.25, 0.3) is 0 Å². The van der Waals surface area contributed by atoms with E-state index in [9.17, 15) is 26.4 Å². The number of ether oxygens (including phenoxy) is 1. The van der Waals surface area contributed by atoms with Gasteiger partial charge in [-0.05, 0) is 42.1 Å². The maximum Gasteiger partial charge on any atom is 0.573 e. The van der Waals surface area contributed by atoms with Gasteiger partial charge in [-0.2, -0.15) is 4.31 Å². The van der Waals surface area contributed by atoms with Crippen LogP contribution in [0, 0.1) is 0 Å². The highest BCUT2D eigenvalue weighted by molar-refractivity contribution is 7.89. The predicted molar refractivity (Wildman–Crippen MR) is 105 cm³/mol. The molecule has 0 unspecified atom stereocenters. The molecule has 0 atom stereocenters. The van der Waals surface area contributed by atoms with Gasteiger partial charge in [0.2, 0.25) is 10.0 Å². The zero-order chi connectivity index (χ0) is 21.8. The predicted octanol–water partition coefficient (Wildman–Crippen LogP) is 2.91. The van der Waals surface area contributed by atoms with Gasteiger partial charge in [-0.15, -0.1) is 24.5 Å². The van der Waals surface area contributed by atoms with Gasteiger partial charge in [-0.1, -0.05) is 6.07 Å². The number of alkyl halides is 3. The number of halogens is 3. The topological polar surface area (TPSA) is 79.0 Å². The van der Waals surface area contributed by atoms with Crippen molar-refractivity contribution in [3.8, 4) is 5.75 Å². The Bertz CT molecular complexity index is 940. The van der Waals surface area contributed by atoms with E-state index in [4.69, 9.17) is 0 Å². The minimum atomic E-state index is -4.85. The van der Waals surface area contributed by atoms with Crippen LogP contribution in [0.3, 0.4) is 0 Å². The second-order valence-corrected chi connectivity index (χ2v) is 9.44. The van der Waals surface area contributed by atoms with Gasteiger partial charge in [-0.3, -0.25) is 0 Å². The maximum absolute atomic E-state index is 12.7. The summed E-state index contributed by atoms with van der Waals surface area (Å²) >= 11 is 1.61. The first kappa shape index (κ1) is 22.4. The summed E-state index contributed by atoms with van der Waals surface area (Å²) in [5, 5.41) is 4.79. The standard InChI is InChI=1S/C18H20F3N3O4S2/c19-18(20,21)28-14-3-5-16(6-4-14)30(26,27)24-11-9-23(10-12-24)17(25)22-8-7-15-2-1-13-29-15/h1-6,13H,7-12H2,(H,22,25). The SMILES string of the molecule is O=C(NCCc1cccs1)N1CCN(S(=O)(=O)c2ccc(OC(F)(F)F)cc2)CC1. The monoisotopic (exact) mass is 463 g/mol. The molecule has 0 radical (unpaired) electrons. The molecule has 1 aliphatic heterocycles. The van der Waals surface area contributed by atoms with Crippen molar-refractivity contribution in [3.05, 3.63) is 46.7 Å². The first-order chi connectivity index (χ1) is 14.1. The second kappa shape index (κ2) is 9.23. The van der Waals surface area contributed by atoms with Crippen LogP contribution in [0.5, 0.6) is 5.75 Å². The highest BCUT2D eigenvalue weighted by atomic mass is 32.2. The van der Waals surface area contributed by atoms with Crippen LogP contribution in [-0.2, 0) is 16.4 Å². The van der Waals surface area contributed by atoms with Gasteiger partial charge in [-0.25, -0.2) is 13.2 Å². The zero-order valence-corrected chi connectivity index (χ0v) is 17.4. The molecule has 0 saturated carbocycles. The molecule has 1 aromatic carbocycles. The molecule has 1 aliphatic rings. The largest absolute Gasteiger partial charge is 0.573 e.